The fraction of sp³-hybridized carbons (Fsp3) is 0.673. The summed E-state index contributed by atoms with van der Waals surface area (Å²) in [6.07, 6.45) is 13.2. The number of benzene rings is 2. The standard InChI is InChI=1S/C49H73IN10O4/c1-34-10-8-13-42(50)40(34)31-58-32-41(45(33-58)56(2)3)35-11-9-12-37(15-14-35)60-28-26-57(27-29-60)23-7-5-4-6-22-52-47(62)36-20-24-59(25-21-36)38-16-17-43(55-51)39(30-38)48(63)53-44-18-19-46(61)54-49(44)64/h8,10,13,16-17,30,35-37,41,44-45,51H,4-7,9,11-12,14-15,18-29,31-33H2,1-3H3,(H,52,62)(H,53,63)(H,54,61,64)/t35-,37?,41?,44?,45-/m0/s1. The van der Waals surface area contributed by atoms with E-state index in [4.69, 9.17) is 5.53 Å². The smallest absolute Gasteiger partial charge is 0.254 e. The molecule has 4 N–H and O–H groups in total. The minimum absolute atomic E-state index is 0.0420. The molecule has 0 spiro atoms. The van der Waals surface area contributed by atoms with E-state index in [1.807, 2.05) is 6.07 Å². The number of halogens is 1. The lowest BCUT2D eigenvalue weighted by atomic mass is 9.82. The number of piperidine rings is 2. The first kappa shape index (κ1) is 48.4. The number of nitrogens with zero attached hydrogens (tertiary/aromatic N) is 6. The van der Waals surface area contributed by atoms with Gasteiger partial charge in [0.25, 0.3) is 5.91 Å². The fourth-order valence-corrected chi connectivity index (χ4v) is 12.0. The van der Waals surface area contributed by atoms with Gasteiger partial charge < -0.3 is 25.3 Å². The van der Waals surface area contributed by atoms with E-state index in [0.717, 1.165) is 43.0 Å². The molecule has 5 fully saturated rings. The van der Waals surface area contributed by atoms with Gasteiger partial charge >= 0.3 is 0 Å². The molecule has 7 rings (SSSR count). The second kappa shape index (κ2) is 23.3. The van der Waals surface area contributed by atoms with Gasteiger partial charge in [0.2, 0.25) is 17.7 Å². The van der Waals surface area contributed by atoms with E-state index >= 15 is 0 Å². The molecule has 5 atom stereocenters. The molecule has 0 bridgehead atoms. The quantitative estimate of drug-likeness (QED) is 0.0469. The number of likely N-dealkylation sites (N-methyl/N-ethyl adjacent to an activating group) is 1. The van der Waals surface area contributed by atoms with Crippen molar-refractivity contribution in [3.63, 3.8) is 0 Å². The molecular formula is C49H73IN10O4. The molecule has 4 saturated heterocycles. The number of anilines is 1. The number of carbonyl (C=O) groups excluding carboxylic acids is 4. The summed E-state index contributed by atoms with van der Waals surface area (Å²) in [5.41, 5.74) is 11.7. The van der Waals surface area contributed by atoms with Crippen LogP contribution in [0.15, 0.2) is 41.5 Å². The molecule has 14 nitrogen and oxygen atoms in total. The Bertz CT molecular complexity index is 1910. The van der Waals surface area contributed by atoms with Crippen molar-refractivity contribution >= 4 is 57.6 Å². The zero-order valence-electron chi connectivity index (χ0n) is 38.6. The van der Waals surface area contributed by atoms with E-state index in [2.05, 4.69) is 107 Å². The molecule has 4 aliphatic heterocycles. The van der Waals surface area contributed by atoms with Crippen molar-refractivity contribution in [2.24, 2.45) is 22.9 Å². The first-order chi connectivity index (χ1) is 31.0. The van der Waals surface area contributed by atoms with Crippen LogP contribution in [-0.2, 0) is 20.9 Å². The van der Waals surface area contributed by atoms with Crippen molar-refractivity contribution in [3.8, 4) is 0 Å². The van der Waals surface area contributed by atoms with Crippen molar-refractivity contribution in [2.45, 2.75) is 115 Å². The van der Waals surface area contributed by atoms with Gasteiger partial charge in [0, 0.05) is 99.1 Å². The van der Waals surface area contributed by atoms with E-state index in [9.17, 15) is 19.2 Å². The van der Waals surface area contributed by atoms with Gasteiger partial charge in [-0.05, 0) is 149 Å². The van der Waals surface area contributed by atoms with Crippen molar-refractivity contribution in [3.05, 3.63) is 56.7 Å². The van der Waals surface area contributed by atoms with Crippen molar-refractivity contribution < 1.29 is 19.2 Å². The molecule has 4 heterocycles. The Balaban J connectivity index is 0.745. The molecule has 350 valence electrons. The molecule has 5 aliphatic rings. The van der Waals surface area contributed by atoms with Crippen LogP contribution < -0.4 is 20.9 Å². The van der Waals surface area contributed by atoms with Gasteiger partial charge in [-0.15, -0.1) is 0 Å². The number of carbonyl (C=O) groups is 4. The molecule has 2 aromatic carbocycles. The minimum atomic E-state index is -0.815. The lowest BCUT2D eigenvalue weighted by Crippen LogP contribution is -2.52. The molecule has 15 heteroatoms. The highest BCUT2D eigenvalue weighted by Gasteiger charge is 2.40. The third-order valence-corrected chi connectivity index (χ3v) is 16.1. The van der Waals surface area contributed by atoms with Crippen LogP contribution in [0.25, 0.3) is 0 Å². The highest BCUT2D eigenvalue weighted by atomic mass is 127. The van der Waals surface area contributed by atoms with Gasteiger partial charge in [0.05, 0.1) is 11.3 Å². The summed E-state index contributed by atoms with van der Waals surface area (Å²) in [7, 11) is 4.60. The van der Waals surface area contributed by atoms with Crippen molar-refractivity contribution in [1.29, 1.82) is 5.53 Å². The van der Waals surface area contributed by atoms with Crippen LogP contribution in [0.2, 0.25) is 0 Å². The Hall–Kier alpha value is -3.51. The van der Waals surface area contributed by atoms with Gasteiger partial charge in [0.15, 0.2) is 0 Å². The largest absolute Gasteiger partial charge is 0.371 e. The number of hydrogen-bond acceptors (Lipinski definition) is 11. The average molecular weight is 993 g/mol. The van der Waals surface area contributed by atoms with E-state index in [-0.39, 0.29) is 41.8 Å². The van der Waals surface area contributed by atoms with E-state index < -0.39 is 17.9 Å². The van der Waals surface area contributed by atoms with Gasteiger partial charge in [-0.25, -0.2) is 5.53 Å². The summed E-state index contributed by atoms with van der Waals surface area (Å²) < 4.78 is 1.40. The summed E-state index contributed by atoms with van der Waals surface area (Å²) in [5.74, 6) is 0.271. The topological polar surface area (TPSA) is 157 Å². The second-order valence-corrected chi connectivity index (χ2v) is 20.6. The number of hydrogen-bond donors (Lipinski definition) is 4. The van der Waals surface area contributed by atoms with E-state index in [1.165, 1.54) is 105 Å². The molecule has 2 aromatic rings. The summed E-state index contributed by atoms with van der Waals surface area (Å²) in [5, 5.41) is 11.6. The second-order valence-electron chi connectivity index (χ2n) is 19.5. The lowest BCUT2D eigenvalue weighted by Gasteiger charge is -2.39. The number of aryl methyl sites for hydroxylation is 1. The monoisotopic (exact) mass is 992 g/mol. The number of amides is 4. The molecule has 64 heavy (non-hydrogen) atoms. The molecule has 0 radical (unpaired) electrons. The normalized spacial score (nSPS) is 25.6. The van der Waals surface area contributed by atoms with Crippen LogP contribution in [0.4, 0.5) is 11.4 Å². The minimum Gasteiger partial charge on any atom is -0.371 e. The van der Waals surface area contributed by atoms with Crippen molar-refractivity contribution in [2.75, 3.05) is 84.4 Å². The average Bonchev–Trinajstić information content (AvgIpc) is 3.57. The molecule has 1 aliphatic carbocycles. The zero-order chi connectivity index (χ0) is 45.2. The Morgan fingerprint density at radius 3 is 2.41 bits per heavy atom. The lowest BCUT2D eigenvalue weighted by molar-refractivity contribution is -0.134. The fourth-order valence-electron chi connectivity index (χ4n) is 11.2. The first-order valence-corrected chi connectivity index (χ1v) is 25.3. The number of rotatable bonds is 17. The predicted molar refractivity (Wildman–Crippen MR) is 260 cm³/mol. The third kappa shape index (κ3) is 12.7. The summed E-state index contributed by atoms with van der Waals surface area (Å²) in [6, 6.07) is 12.4. The molecule has 1 saturated carbocycles. The first-order valence-electron chi connectivity index (χ1n) is 24.2. The number of unbranched alkanes of at least 4 members (excludes halogenated alkanes) is 3. The number of nitrogens with one attached hydrogen (secondary N) is 4. The SMILES string of the molecule is Cc1cccc(I)c1CN1CC([C@H]2CCCC(N3CCN(CCCCCCNC(=O)C4CCN(c5ccc(N=N)c(C(=O)NC6CCC(=O)NC6=O)c5)CC4)CC3)CC2)[C@@H](N(C)C)C1. The maximum Gasteiger partial charge on any atom is 0.254 e. The Morgan fingerprint density at radius 1 is 0.891 bits per heavy atom. The van der Waals surface area contributed by atoms with Gasteiger partial charge in [0.1, 0.15) is 6.04 Å². The summed E-state index contributed by atoms with van der Waals surface area (Å²) in [4.78, 5) is 62.8. The van der Waals surface area contributed by atoms with E-state index in [1.54, 1.807) is 12.1 Å². The number of imide groups is 1. The number of likely N-dealkylation sites (tertiary alicyclic amines) is 1. The Labute approximate surface area is 395 Å². The Kier molecular flexibility index (Phi) is 17.6. The van der Waals surface area contributed by atoms with Crippen LogP contribution in [0, 0.1) is 33.8 Å². The zero-order valence-corrected chi connectivity index (χ0v) is 40.8. The van der Waals surface area contributed by atoms with Gasteiger partial charge in [-0.2, -0.15) is 5.11 Å². The van der Waals surface area contributed by atoms with Crippen LogP contribution in [-0.4, -0.2) is 141 Å². The van der Waals surface area contributed by atoms with E-state index in [0.29, 0.717) is 38.5 Å². The summed E-state index contributed by atoms with van der Waals surface area (Å²) >= 11 is 2.52. The maximum absolute atomic E-state index is 13.1. The molecular weight excluding hydrogens is 920 g/mol. The number of piperazine rings is 1. The van der Waals surface area contributed by atoms with Crippen LogP contribution in [0.1, 0.15) is 105 Å². The third-order valence-electron chi connectivity index (χ3n) is 15.1. The van der Waals surface area contributed by atoms with Crippen LogP contribution in [0.5, 0.6) is 0 Å². The summed E-state index contributed by atoms with van der Waals surface area (Å²) in [6.45, 7) is 13.7. The highest BCUT2D eigenvalue weighted by Crippen LogP contribution is 2.38. The van der Waals surface area contributed by atoms with Crippen molar-refractivity contribution in [1.82, 2.24) is 35.6 Å². The van der Waals surface area contributed by atoms with Gasteiger partial charge in [-0.3, -0.25) is 34.3 Å². The maximum atomic E-state index is 13.1. The highest BCUT2D eigenvalue weighted by molar-refractivity contribution is 14.1. The van der Waals surface area contributed by atoms with Crippen LogP contribution >= 0.6 is 22.6 Å². The molecule has 3 unspecified atom stereocenters. The molecule has 4 amide bonds. The predicted octanol–water partition coefficient (Wildman–Crippen LogP) is 6.32. The van der Waals surface area contributed by atoms with Crippen LogP contribution in [0.3, 0.4) is 0 Å². The molecule has 0 aromatic heterocycles. The van der Waals surface area contributed by atoms with Gasteiger partial charge in [-0.1, -0.05) is 37.8 Å². The Morgan fingerprint density at radius 2 is 1.67 bits per heavy atom.